The molecule has 2 aliphatic rings. The third-order valence-electron chi connectivity index (χ3n) is 5.27. The lowest BCUT2D eigenvalue weighted by atomic mass is 9.77. The Morgan fingerprint density at radius 1 is 1.16 bits per heavy atom. The van der Waals surface area contributed by atoms with Crippen LogP contribution in [-0.2, 0) is 22.9 Å². The van der Waals surface area contributed by atoms with Gasteiger partial charge < -0.3 is 0 Å². The minimum absolute atomic E-state index is 0.445. The fourth-order valence-corrected chi connectivity index (χ4v) is 4.89. The van der Waals surface area contributed by atoms with Crippen LogP contribution in [0, 0.1) is 0 Å². The van der Waals surface area contributed by atoms with Crippen molar-refractivity contribution in [2.24, 2.45) is 0 Å². The average Bonchev–Trinajstić information content (AvgIpc) is 2.56. The van der Waals surface area contributed by atoms with Crippen LogP contribution in [0.1, 0.15) is 36.1 Å². The van der Waals surface area contributed by atoms with Gasteiger partial charge in [-0.25, -0.2) is 8.42 Å². The van der Waals surface area contributed by atoms with Gasteiger partial charge in [0.2, 0.25) is 10.0 Å². The van der Waals surface area contributed by atoms with E-state index in [1.807, 2.05) is 12.1 Å². The second-order valence-electron chi connectivity index (χ2n) is 7.13. The summed E-state index contributed by atoms with van der Waals surface area (Å²) in [6.07, 6.45) is 4.45. The molecule has 1 aliphatic carbocycles. The van der Waals surface area contributed by atoms with Crippen LogP contribution in [0.4, 0.5) is 5.69 Å². The molecule has 0 fully saturated rings. The van der Waals surface area contributed by atoms with Crippen LogP contribution in [0.3, 0.4) is 0 Å². The Morgan fingerprint density at radius 3 is 2.76 bits per heavy atom. The van der Waals surface area contributed by atoms with Crippen LogP contribution in [0.15, 0.2) is 36.4 Å². The van der Waals surface area contributed by atoms with Crippen molar-refractivity contribution in [2.45, 2.75) is 32.2 Å². The quantitative estimate of drug-likeness (QED) is 0.911. The van der Waals surface area contributed by atoms with Crippen LogP contribution in [0.25, 0.3) is 11.1 Å². The number of nitrogens with one attached hydrogen (secondary N) is 1. The third kappa shape index (κ3) is 3.07. The lowest BCUT2D eigenvalue weighted by molar-refractivity contribution is 0.183. The Morgan fingerprint density at radius 2 is 2.00 bits per heavy atom. The normalized spacial score (nSPS) is 19.2. The molecule has 1 N–H and O–H groups in total. The number of benzene rings is 2. The van der Waals surface area contributed by atoms with Gasteiger partial charge in [0, 0.05) is 18.3 Å². The Bertz CT molecular complexity index is 921. The van der Waals surface area contributed by atoms with Crippen molar-refractivity contribution in [3.8, 4) is 11.1 Å². The lowest BCUT2D eigenvalue weighted by Gasteiger charge is -2.41. The molecule has 0 aromatic heterocycles. The molecular weight excluding hydrogens is 332 g/mol. The molecule has 0 radical (unpaired) electrons. The summed E-state index contributed by atoms with van der Waals surface area (Å²) in [6.45, 7) is 4.49. The molecule has 0 saturated heterocycles. The van der Waals surface area contributed by atoms with E-state index in [4.69, 9.17) is 0 Å². The van der Waals surface area contributed by atoms with E-state index >= 15 is 0 Å². The first-order chi connectivity index (χ1) is 12.0. The van der Waals surface area contributed by atoms with Crippen molar-refractivity contribution in [1.29, 1.82) is 0 Å². The van der Waals surface area contributed by atoms with Crippen LogP contribution in [0.2, 0.25) is 0 Å². The van der Waals surface area contributed by atoms with Gasteiger partial charge >= 0.3 is 0 Å². The number of hydrogen-bond acceptors (Lipinski definition) is 3. The molecule has 0 saturated carbocycles. The highest BCUT2D eigenvalue weighted by atomic mass is 32.2. The second kappa shape index (κ2) is 6.15. The summed E-state index contributed by atoms with van der Waals surface area (Å²) in [6, 6.07) is 13.0. The Hall–Kier alpha value is -1.85. The van der Waals surface area contributed by atoms with E-state index < -0.39 is 10.0 Å². The smallest absolute Gasteiger partial charge is 0.229 e. The van der Waals surface area contributed by atoms with Crippen molar-refractivity contribution in [3.63, 3.8) is 0 Å². The van der Waals surface area contributed by atoms with E-state index in [0.29, 0.717) is 11.7 Å². The zero-order chi connectivity index (χ0) is 17.6. The van der Waals surface area contributed by atoms with Gasteiger partial charge in [0.1, 0.15) is 0 Å². The average molecular weight is 356 g/mol. The van der Waals surface area contributed by atoms with Gasteiger partial charge in [0.15, 0.2) is 0 Å². The summed E-state index contributed by atoms with van der Waals surface area (Å²) >= 11 is 0. The summed E-state index contributed by atoms with van der Waals surface area (Å²) < 4.78 is 25.8. The number of hydrogen-bond donors (Lipinski definition) is 1. The summed E-state index contributed by atoms with van der Waals surface area (Å²) in [4.78, 5) is 2.61. The highest BCUT2D eigenvalue weighted by Gasteiger charge is 2.33. The number of sulfonamides is 1. The first-order valence-corrected chi connectivity index (χ1v) is 10.8. The van der Waals surface area contributed by atoms with Crippen LogP contribution < -0.4 is 4.72 Å². The molecule has 1 heterocycles. The fraction of sp³-hybridized carbons (Fsp3) is 0.400. The molecule has 0 amide bonds. The van der Waals surface area contributed by atoms with Crippen LogP contribution in [0.5, 0.6) is 0 Å². The Kier molecular flexibility index (Phi) is 4.08. The van der Waals surface area contributed by atoms with E-state index in [1.54, 1.807) is 0 Å². The van der Waals surface area contributed by atoms with E-state index in [2.05, 4.69) is 40.8 Å². The van der Waals surface area contributed by atoms with Gasteiger partial charge in [-0.05, 0) is 65.8 Å². The number of fused-ring (bicyclic) bond motifs is 2. The molecule has 2 aromatic rings. The Labute approximate surface area is 149 Å². The number of nitrogens with zero attached hydrogens (tertiary/aromatic N) is 1. The molecule has 0 bridgehead atoms. The van der Waals surface area contributed by atoms with E-state index in [-0.39, 0.29) is 0 Å². The standard InChI is InChI=1S/C20H24N2O2S/c1-3-10-22-11-9-14-5-4-6-17-18-13-16(21-25(2,23)24)8-7-15(18)12-19(22)20(14)17/h4-8,13,19,21H,3,9-12H2,1-2H3. The first kappa shape index (κ1) is 16.6. The second-order valence-corrected chi connectivity index (χ2v) is 8.88. The maximum Gasteiger partial charge on any atom is 0.229 e. The largest absolute Gasteiger partial charge is 0.296 e. The SMILES string of the molecule is CCCN1CCc2cccc3c2C1Cc1ccc(NS(C)(=O)=O)cc1-3. The van der Waals surface area contributed by atoms with Gasteiger partial charge in [0.05, 0.1) is 6.26 Å². The van der Waals surface area contributed by atoms with Crippen molar-refractivity contribution in [3.05, 3.63) is 53.1 Å². The maximum absolute atomic E-state index is 11.6. The summed E-state index contributed by atoms with van der Waals surface area (Å²) in [7, 11) is -3.27. The molecule has 2 aromatic carbocycles. The zero-order valence-corrected chi connectivity index (χ0v) is 15.6. The van der Waals surface area contributed by atoms with Gasteiger partial charge in [-0.1, -0.05) is 31.2 Å². The minimum atomic E-state index is -3.27. The van der Waals surface area contributed by atoms with E-state index in [1.165, 1.54) is 34.1 Å². The molecule has 1 unspecified atom stereocenters. The molecule has 4 rings (SSSR count). The summed E-state index contributed by atoms with van der Waals surface area (Å²) in [5.74, 6) is 0. The predicted octanol–water partition coefficient (Wildman–Crippen LogP) is 3.59. The van der Waals surface area contributed by atoms with Gasteiger partial charge in [-0.15, -0.1) is 0 Å². The predicted molar refractivity (Wildman–Crippen MR) is 102 cm³/mol. The fourth-order valence-electron chi connectivity index (χ4n) is 4.34. The Balaban J connectivity index is 1.83. The van der Waals surface area contributed by atoms with Crippen molar-refractivity contribution >= 4 is 15.7 Å². The van der Waals surface area contributed by atoms with Gasteiger partial charge in [0.25, 0.3) is 0 Å². The number of anilines is 1. The van der Waals surface area contributed by atoms with E-state index in [0.717, 1.165) is 32.4 Å². The third-order valence-corrected chi connectivity index (χ3v) is 5.87. The first-order valence-electron chi connectivity index (χ1n) is 8.93. The van der Waals surface area contributed by atoms with Crippen LogP contribution in [-0.4, -0.2) is 32.7 Å². The minimum Gasteiger partial charge on any atom is -0.296 e. The molecular formula is C20H24N2O2S. The topological polar surface area (TPSA) is 49.4 Å². The summed E-state index contributed by atoms with van der Waals surface area (Å²) in [5.41, 5.74) is 7.27. The summed E-state index contributed by atoms with van der Waals surface area (Å²) in [5, 5.41) is 0. The highest BCUT2D eigenvalue weighted by molar-refractivity contribution is 7.92. The molecule has 1 atom stereocenters. The monoisotopic (exact) mass is 356 g/mol. The zero-order valence-electron chi connectivity index (χ0n) is 14.7. The van der Waals surface area contributed by atoms with Crippen molar-refractivity contribution < 1.29 is 8.42 Å². The van der Waals surface area contributed by atoms with E-state index in [9.17, 15) is 8.42 Å². The van der Waals surface area contributed by atoms with Crippen molar-refractivity contribution in [1.82, 2.24) is 4.90 Å². The molecule has 25 heavy (non-hydrogen) atoms. The van der Waals surface area contributed by atoms with Gasteiger partial charge in [-0.3, -0.25) is 9.62 Å². The molecule has 0 spiro atoms. The van der Waals surface area contributed by atoms with Crippen molar-refractivity contribution in [2.75, 3.05) is 24.1 Å². The lowest BCUT2D eigenvalue weighted by Crippen LogP contribution is -2.38. The van der Waals surface area contributed by atoms with Gasteiger partial charge in [-0.2, -0.15) is 0 Å². The molecule has 5 heteroatoms. The molecule has 132 valence electrons. The maximum atomic E-state index is 11.6. The molecule has 1 aliphatic heterocycles. The number of rotatable bonds is 4. The van der Waals surface area contributed by atoms with Crippen LogP contribution >= 0.6 is 0 Å². The molecule has 4 nitrogen and oxygen atoms in total. The highest BCUT2D eigenvalue weighted by Crippen LogP contribution is 2.45.